The molecule has 0 saturated heterocycles. The molecule has 0 amide bonds. The minimum absolute atomic E-state index is 0.0812. The minimum Gasteiger partial charge on any atom is -0.395 e. The van der Waals surface area contributed by atoms with Gasteiger partial charge < -0.3 is 5.73 Å². The molecule has 158 valence electrons. The van der Waals surface area contributed by atoms with E-state index in [9.17, 15) is 13.2 Å². The van der Waals surface area contributed by atoms with E-state index in [2.05, 4.69) is 25.4 Å². The molecule has 8 nitrogen and oxygen atoms in total. The molecular formula is C20H17F3N8. The highest BCUT2D eigenvalue weighted by atomic mass is 19.4. The molecular weight excluding hydrogens is 409 g/mol. The first-order chi connectivity index (χ1) is 14.8. The Hall–Kier alpha value is -4.02. The van der Waals surface area contributed by atoms with Crippen LogP contribution in [0.3, 0.4) is 0 Å². The van der Waals surface area contributed by atoms with Gasteiger partial charge in [0.05, 0.1) is 35.8 Å². The molecule has 0 radical (unpaired) electrons. The lowest BCUT2D eigenvalue weighted by Gasteiger charge is -2.05. The molecule has 0 unspecified atom stereocenters. The number of hydrogen-bond donors (Lipinski definition) is 1. The van der Waals surface area contributed by atoms with E-state index in [1.54, 1.807) is 28.0 Å². The van der Waals surface area contributed by atoms with Crippen molar-refractivity contribution in [3.05, 3.63) is 72.5 Å². The summed E-state index contributed by atoms with van der Waals surface area (Å²) in [5.74, 6) is 0. The van der Waals surface area contributed by atoms with E-state index in [0.29, 0.717) is 5.69 Å². The summed E-state index contributed by atoms with van der Waals surface area (Å²) < 4.78 is 40.8. The van der Waals surface area contributed by atoms with Gasteiger partial charge >= 0.3 is 6.18 Å². The van der Waals surface area contributed by atoms with Gasteiger partial charge in [0.2, 0.25) is 0 Å². The molecule has 0 aliphatic carbocycles. The van der Waals surface area contributed by atoms with Crippen LogP contribution in [0.25, 0.3) is 22.4 Å². The fourth-order valence-corrected chi connectivity index (χ4v) is 2.87. The third kappa shape index (κ3) is 4.44. The number of aromatic nitrogens is 6. The van der Waals surface area contributed by atoms with Crippen molar-refractivity contribution in [1.29, 1.82) is 0 Å². The van der Waals surface area contributed by atoms with Crippen molar-refractivity contribution in [1.82, 2.24) is 29.8 Å². The van der Waals surface area contributed by atoms with Gasteiger partial charge in [0.15, 0.2) is 0 Å². The molecule has 3 heterocycles. The van der Waals surface area contributed by atoms with E-state index in [1.165, 1.54) is 6.92 Å². The maximum absolute atomic E-state index is 12.5. The SMILES string of the molecule is CC(C=C(N)C(F)(F)F)=NCc1cn(-c2ccc(-n3ncc4ncccc43)cc2)nn1. The number of fused-ring (bicyclic) bond motifs is 1. The lowest BCUT2D eigenvalue weighted by atomic mass is 10.2. The molecule has 1 aromatic carbocycles. The summed E-state index contributed by atoms with van der Waals surface area (Å²) in [5, 5.41) is 12.4. The van der Waals surface area contributed by atoms with E-state index < -0.39 is 11.9 Å². The quantitative estimate of drug-likeness (QED) is 0.493. The first-order valence-corrected chi connectivity index (χ1v) is 9.17. The molecule has 4 rings (SSSR count). The number of allylic oxidation sites excluding steroid dienone is 2. The first kappa shape index (κ1) is 20.3. The van der Waals surface area contributed by atoms with Gasteiger partial charge in [0.1, 0.15) is 16.9 Å². The molecule has 0 fully saturated rings. The molecule has 0 saturated carbocycles. The standard InChI is InChI=1S/C20H17F3N8/c1-13(9-19(24)20(21,22)23)26-10-14-12-30(29-28-14)15-4-6-16(7-5-15)31-18-3-2-8-25-17(18)11-27-31/h2-9,11-12H,10,24H2,1H3. The van der Waals surface area contributed by atoms with Crippen LogP contribution in [-0.4, -0.2) is 41.6 Å². The van der Waals surface area contributed by atoms with Crippen LogP contribution >= 0.6 is 0 Å². The fourth-order valence-electron chi connectivity index (χ4n) is 2.87. The summed E-state index contributed by atoms with van der Waals surface area (Å²) in [7, 11) is 0. The Morgan fingerprint density at radius 2 is 1.90 bits per heavy atom. The predicted octanol–water partition coefficient (Wildman–Crippen LogP) is 3.37. The van der Waals surface area contributed by atoms with Crippen molar-refractivity contribution in [2.45, 2.75) is 19.6 Å². The van der Waals surface area contributed by atoms with Crippen LogP contribution in [0.2, 0.25) is 0 Å². The predicted molar refractivity (Wildman–Crippen MR) is 109 cm³/mol. The largest absolute Gasteiger partial charge is 0.430 e. The smallest absolute Gasteiger partial charge is 0.395 e. The van der Waals surface area contributed by atoms with Crippen LogP contribution < -0.4 is 5.73 Å². The van der Waals surface area contributed by atoms with E-state index in [-0.39, 0.29) is 12.3 Å². The van der Waals surface area contributed by atoms with Crippen molar-refractivity contribution in [2.75, 3.05) is 0 Å². The number of rotatable bonds is 5. The molecule has 11 heteroatoms. The molecule has 31 heavy (non-hydrogen) atoms. The highest BCUT2D eigenvalue weighted by molar-refractivity contribution is 5.93. The Morgan fingerprint density at radius 1 is 1.16 bits per heavy atom. The van der Waals surface area contributed by atoms with Crippen molar-refractivity contribution in [2.24, 2.45) is 10.7 Å². The van der Waals surface area contributed by atoms with E-state index in [4.69, 9.17) is 5.73 Å². The van der Waals surface area contributed by atoms with Gasteiger partial charge in [-0.05, 0) is 49.4 Å². The second-order valence-electron chi connectivity index (χ2n) is 6.69. The van der Waals surface area contributed by atoms with Crippen molar-refractivity contribution in [3.63, 3.8) is 0 Å². The Kier molecular flexibility index (Phi) is 5.24. The highest BCUT2D eigenvalue weighted by Crippen LogP contribution is 2.21. The van der Waals surface area contributed by atoms with Gasteiger partial charge in [-0.25, -0.2) is 9.36 Å². The normalized spacial score (nSPS) is 13.2. The molecule has 0 atom stereocenters. The van der Waals surface area contributed by atoms with Crippen LogP contribution in [0.1, 0.15) is 12.6 Å². The minimum atomic E-state index is -4.58. The van der Waals surface area contributed by atoms with Gasteiger partial charge in [-0.3, -0.25) is 9.98 Å². The van der Waals surface area contributed by atoms with Gasteiger partial charge in [0.25, 0.3) is 0 Å². The molecule has 0 aliphatic heterocycles. The van der Waals surface area contributed by atoms with Gasteiger partial charge in [0, 0.05) is 11.9 Å². The Labute approximate surface area is 174 Å². The monoisotopic (exact) mass is 426 g/mol. The zero-order chi connectivity index (χ0) is 22.0. The number of aliphatic imine (C=N–C) groups is 1. The zero-order valence-electron chi connectivity index (χ0n) is 16.3. The summed E-state index contributed by atoms with van der Waals surface area (Å²) in [4.78, 5) is 8.33. The number of hydrogen-bond acceptors (Lipinski definition) is 6. The number of alkyl halides is 3. The molecule has 0 spiro atoms. The van der Waals surface area contributed by atoms with E-state index in [0.717, 1.165) is 28.5 Å². The van der Waals surface area contributed by atoms with Crippen molar-refractivity contribution >= 4 is 16.7 Å². The van der Waals surface area contributed by atoms with E-state index >= 15 is 0 Å². The van der Waals surface area contributed by atoms with Crippen LogP contribution in [0.5, 0.6) is 0 Å². The van der Waals surface area contributed by atoms with Crippen LogP contribution in [-0.2, 0) is 6.54 Å². The number of nitrogens with zero attached hydrogens (tertiary/aromatic N) is 7. The first-order valence-electron chi connectivity index (χ1n) is 9.17. The molecule has 0 aliphatic rings. The average molecular weight is 426 g/mol. The van der Waals surface area contributed by atoms with E-state index in [1.807, 2.05) is 36.4 Å². The molecule has 3 aromatic heterocycles. The summed E-state index contributed by atoms with van der Waals surface area (Å²) in [6, 6.07) is 11.3. The summed E-state index contributed by atoms with van der Waals surface area (Å²) in [5.41, 5.74) is 7.77. The van der Waals surface area contributed by atoms with Crippen LogP contribution in [0.15, 0.2) is 71.8 Å². The molecule has 4 aromatic rings. The number of nitrogens with two attached hydrogens (primary N) is 1. The fraction of sp³-hybridized carbons (Fsp3) is 0.150. The summed E-state index contributed by atoms with van der Waals surface area (Å²) >= 11 is 0. The summed E-state index contributed by atoms with van der Waals surface area (Å²) in [6.07, 6.45) is 1.29. The Morgan fingerprint density at radius 3 is 2.65 bits per heavy atom. The lowest BCUT2D eigenvalue weighted by molar-refractivity contribution is -0.0925. The maximum Gasteiger partial charge on any atom is 0.430 e. The second kappa shape index (κ2) is 8.01. The average Bonchev–Trinajstić information content (AvgIpc) is 3.39. The Bertz CT molecular complexity index is 1270. The molecule has 2 N–H and O–H groups in total. The number of halogens is 3. The topological polar surface area (TPSA) is 99.8 Å². The van der Waals surface area contributed by atoms with Crippen LogP contribution in [0.4, 0.5) is 13.2 Å². The van der Waals surface area contributed by atoms with Gasteiger partial charge in [-0.15, -0.1) is 5.10 Å². The third-order valence-electron chi connectivity index (χ3n) is 4.42. The van der Waals surface area contributed by atoms with Gasteiger partial charge in [-0.2, -0.15) is 18.3 Å². The van der Waals surface area contributed by atoms with Crippen molar-refractivity contribution in [3.8, 4) is 11.4 Å². The third-order valence-corrected chi connectivity index (χ3v) is 4.42. The van der Waals surface area contributed by atoms with Crippen molar-refractivity contribution < 1.29 is 13.2 Å². The highest BCUT2D eigenvalue weighted by Gasteiger charge is 2.31. The maximum atomic E-state index is 12.5. The Balaban J connectivity index is 1.49. The lowest BCUT2D eigenvalue weighted by Crippen LogP contribution is -2.20. The zero-order valence-corrected chi connectivity index (χ0v) is 16.3. The van der Waals surface area contributed by atoms with Gasteiger partial charge in [-0.1, -0.05) is 5.21 Å². The second-order valence-corrected chi connectivity index (χ2v) is 6.69. The number of benzene rings is 1. The number of pyridine rings is 1. The molecule has 0 bridgehead atoms. The van der Waals surface area contributed by atoms with Crippen LogP contribution in [0, 0.1) is 0 Å². The summed E-state index contributed by atoms with van der Waals surface area (Å²) in [6.45, 7) is 1.52.